The van der Waals surface area contributed by atoms with Crippen molar-refractivity contribution in [2.75, 3.05) is 6.61 Å². The van der Waals surface area contributed by atoms with Crippen LogP contribution in [0.1, 0.15) is 34.1 Å². The molecule has 1 amide bonds. The topological polar surface area (TPSA) is 38.3 Å². The van der Waals surface area contributed by atoms with Gasteiger partial charge in [-0.05, 0) is 19.3 Å². The van der Waals surface area contributed by atoms with Crippen molar-refractivity contribution >= 4 is 5.91 Å². The highest BCUT2D eigenvalue weighted by molar-refractivity contribution is 5.92. The number of carbonyl (C=O) groups is 1. The zero-order valence-electron chi connectivity index (χ0n) is 9.59. The fraction of sp³-hybridized carbons (Fsp3) is 0.727. The van der Waals surface area contributed by atoms with Crippen molar-refractivity contribution in [1.82, 2.24) is 5.32 Å². The van der Waals surface area contributed by atoms with Gasteiger partial charge in [-0.3, -0.25) is 4.79 Å². The van der Waals surface area contributed by atoms with Gasteiger partial charge in [-0.2, -0.15) is 0 Å². The predicted octanol–water partition coefficient (Wildman–Crippen LogP) is 2.09. The van der Waals surface area contributed by atoms with Crippen molar-refractivity contribution < 1.29 is 9.53 Å². The maximum atomic E-state index is 11.3. The van der Waals surface area contributed by atoms with E-state index >= 15 is 0 Å². The molecule has 82 valence electrons. The Balaban J connectivity index is 3.90. The average Bonchev–Trinajstić information content (AvgIpc) is 2.11. The Labute approximate surface area is 86.5 Å². The maximum absolute atomic E-state index is 11.3. The van der Waals surface area contributed by atoms with Gasteiger partial charge in [-0.25, -0.2) is 0 Å². The lowest BCUT2D eigenvalue weighted by atomic mass is 10.2. The van der Waals surface area contributed by atoms with Gasteiger partial charge in [-0.1, -0.05) is 27.4 Å². The van der Waals surface area contributed by atoms with Crippen LogP contribution in [0, 0.1) is 5.92 Å². The highest BCUT2D eigenvalue weighted by Crippen LogP contribution is 2.00. The van der Waals surface area contributed by atoms with Crippen molar-refractivity contribution in [2.24, 2.45) is 5.92 Å². The molecular weight excluding hydrogens is 178 g/mol. The number of nitrogens with one attached hydrogen (secondary N) is 1. The molecule has 0 aromatic rings. The Bertz CT molecular complexity index is 199. The molecule has 0 radical (unpaired) electrons. The largest absolute Gasteiger partial charge is 0.358 e. The number of ether oxygens (including phenoxy) is 1. The van der Waals surface area contributed by atoms with Gasteiger partial charge in [0.2, 0.25) is 5.91 Å². The minimum Gasteiger partial charge on any atom is -0.358 e. The summed E-state index contributed by atoms with van der Waals surface area (Å²) in [5, 5.41) is 2.76. The second kappa shape index (κ2) is 6.60. The van der Waals surface area contributed by atoms with Crippen molar-refractivity contribution in [2.45, 2.75) is 40.3 Å². The molecular formula is C11H21NO2. The van der Waals surface area contributed by atoms with E-state index in [1.165, 1.54) is 0 Å². The highest BCUT2D eigenvalue weighted by Gasteiger charge is 2.11. The van der Waals surface area contributed by atoms with Gasteiger partial charge in [0, 0.05) is 5.57 Å². The van der Waals surface area contributed by atoms with Crippen LogP contribution in [-0.2, 0) is 9.53 Å². The molecule has 0 bridgehead atoms. The Kier molecular flexibility index (Phi) is 6.21. The number of rotatable bonds is 6. The molecule has 1 N–H and O–H groups in total. The molecule has 0 aliphatic heterocycles. The third kappa shape index (κ3) is 5.75. The van der Waals surface area contributed by atoms with Crippen LogP contribution in [0.2, 0.25) is 0 Å². The van der Waals surface area contributed by atoms with Gasteiger partial charge in [0.15, 0.2) is 0 Å². The smallest absolute Gasteiger partial charge is 0.248 e. The van der Waals surface area contributed by atoms with Gasteiger partial charge in [0.1, 0.15) is 6.23 Å². The van der Waals surface area contributed by atoms with E-state index in [4.69, 9.17) is 4.74 Å². The minimum absolute atomic E-state index is 0.138. The van der Waals surface area contributed by atoms with Crippen LogP contribution in [0.25, 0.3) is 0 Å². The molecule has 1 atom stereocenters. The third-order valence-corrected chi connectivity index (χ3v) is 1.68. The molecule has 0 fully saturated rings. The van der Waals surface area contributed by atoms with E-state index in [1.807, 2.05) is 6.92 Å². The van der Waals surface area contributed by atoms with Gasteiger partial charge >= 0.3 is 0 Å². The van der Waals surface area contributed by atoms with Gasteiger partial charge in [0.05, 0.1) is 6.61 Å². The summed E-state index contributed by atoms with van der Waals surface area (Å²) < 4.78 is 5.50. The van der Waals surface area contributed by atoms with E-state index in [0.717, 1.165) is 6.42 Å². The molecule has 1 unspecified atom stereocenters. The van der Waals surface area contributed by atoms with Crippen molar-refractivity contribution in [3.05, 3.63) is 12.2 Å². The van der Waals surface area contributed by atoms with Crippen LogP contribution in [0.15, 0.2) is 12.2 Å². The summed E-state index contributed by atoms with van der Waals surface area (Å²) in [7, 11) is 0. The fourth-order valence-corrected chi connectivity index (χ4v) is 0.840. The zero-order valence-corrected chi connectivity index (χ0v) is 9.59. The first-order valence-electron chi connectivity index (χ1n) is 5.05. The van der Waals surface area contributed by atoms with Crippen LogP contribution in [0.4, 0.5) is 0 Å². The second-order valence-electron chi connectivity index (χ2n) is 3.88. The lowest BCUT2D eigenvalue weighted by Crippen LogP contribution is -2.37. The van der Waals surface area contributed by atoms with Crippen molar-refractivity contribution in [1.29, 1.82) is 0 Å². The molecule has 0 saturated heterocycles. The number of hydrogen-bond acceptors (Lipinski definition) is 2. The lowest BCUT2D eigenvalue weighted by Gasteiger charge is -2.18. The number of hydrogen-bond donors (Lipinski definition) is 1. The summed E-state index contributed by atoms with van der Waals surface area (Å²) in [6.07, 6.45) is 0.577. The summed E-state index contributed by atoms with van der Waals surface area (Å²) >= 11 is 0. The first-order chi connectivity index (χ1) is 6.47. The van der Waals surface area contributed by atoms with Crippen molar-refractivity contribution in [3.8, 4) is 0 Å². The Hall–Kier alpha value is -0.830. The minimum atomic E-state index is -0.193. The average molecular weight is 199 g/mol. The molecule has 0 saturated carbocycles. The molecule has 14 heavy (non-hydrogen) atoms. The van der Waals surface area contributed by atoms with E-state index in [2.05, 4.69) is 25.7 Å². The first-order valence-corrected chi connectivity index (χ1v) is 5.05. The van der Waals surface area contributed by atoms with Gasteiger partial charge in [-0.15, -0.1) is 0 Å². The zero-order chi connectivity index (χ0) is 11.1. The predicted molar refractivity (Wildman–Crippen MR) is 57.8 cm³/mol. The van der Waals surface area contributed by atoms with Gasteiger partial charge < -0.3 is 10.1 Å². The molecule has 0 spiro atoms. The molecule has 0 heterocycles. The van der Waals surface area contributed by atoms with E-state index in [1.54, 1.807) is 6.92 Å². The Morgan fingerprint density at radius 3 is 2.43 bits per heavy atom. The number of amides is 1. The fourth-order valence-electron chi connectivity index (χ4n) is 0.840. The normalized spacial score (nSPS) is 12.6. The monoisotopic (exact) mass is 199 g/mol. The van der Waals surface area contributed by atoms with Crippen LogP contribution in [-0.4, -0.2) is 18.7 Å². The first kappa shape index (κ1) is 13.2. The molecule has 0 aromatic heterocycles. The molecule has 3 heteroatoms. The molecule has 0 aliphatic rings. The number of carbonyl (C=O) groups excluding carboxylic acids is 1. The van der Waals surface area contributed by atoms with E-state index in [9.17, 15) is 4.79 Å². The van der Waals surface area contributed by atoms with E-state index in [0.29, 0.717) is 18.1 Å². The summed E-state index contributed by atoms with van der Waals surface area (Å²) in [5.74, 6) is 0.339. The Morgan fingerprint density at radius 2 is 2.07 bits per heavy atom. The van der Waals surface area contributed by atoms with Crippen LogP contribution in [0.5, 0.6) is 0 Å². The van der Waals surface area contributed by atoms with Crippen LogP contribution >= 0.6 is 0 Å². The van der Waals surface area contributed by atoms with Crippen molar-refractivity contribution in [3.63, 3.8) is 0 Å². The third-order valence-electron chi connectivity index (χ3n) is 1.68. The summed E-state index contributed by atoms with van der Waals surface area (Å²) in [6, 6.07) is 0. The summed E-state index contributed by atoms with van der Waals surface area (Å²) in [4.78, 5) is 11.3. The SMILES string of the molecule is C=C(C)C(=O)NC(CC)OCC(C)C. The van der Waals surface area contributed by atoms with E-state index < -0.39 is 0 Å². The molecule has 0 aliphatic carbocycles. The summed E-state index contributed by atoms with van der Waals surface area (Å²) in [5.41, 5.74) is 0.511. The molecule has 0 rings (SSSR count). The highest BCUT2D eigenvalue weighted by atomic mass is 16.5. The molecule has 3 nitrogen and oxygen atoms in total. The van der Waals surface area contributed by atoms with E-state index in [-0.39, 0.29) is 12.1 Å². The summed E-state index contributed by atoms with van der Waals surface area (Å²) in [6.45, 7) is 12.0. The second-order valence-corrected chi connectivity index (χ2v) is 3.88. The van der Waals surface area contributed by atoms with Crippen LogP contribution in [0.3, 0.4) is 0 Å². The maximum Gasteiger partial charge on any atom is 0.248 e. The Morgan fingerprint density at radius 1 is 1.50 bits per heavy atom. The lowest BCUT2D eigenvalue weighted by molar-refractivity contribution is -0.122. The quantitative estimate of drug-likeness (QED) is 0.525. The molecule has 0 aromatic carbocycles. The van der Waals surface area contributed by atoms with Gasteiger partial charge in [0.25, 0.3) is 0 Å². The van der Waals surface area contributed by atoms with Crippen LogP contribution < -0.4 is 5.32 Å². The standard InChI is InChI=1S/C11H21NO2/c1-6-10(14-7-8(2)3)12-11(13)9(4)5/h8,10H,4,6-7H2,1-3,5H3,(H,12,13).